The second-order valence-corrected chi connectivity index (χ2v) is 10.4. The minimum absolute atomic E-state index is 0.0214. The lowest BCUT2D eigenvalue weighted by atomic mass is 9.72. The first kappa shape index (κ1) is 24.5. The number of esters is 2. The van der Waals surface area contributed by atoms with Crippen molar-refractivity contribution in [2.45, 2.75) is 57.5 Å². The van der Waals surface area contributed by atoms with Gasteiger partial charge in [-0.25, -0.2) is 4.79 Å². The number of ether oxygens (including phenoxy) is 3. The molecule has 1 aromatic carbocycles. The molecular formula is C28H29NO6S. The zero-order valence-corrected chi connectivity index (χ0v) is 21.2. The number of thiophene rings is 1. The lowest BCUT2D eigenvalue weighted by Gasteiger charge is -2.36. The smallest absolute Gasteiger partial charge is 0.336 e. The van der Waals surface area contributed by atoms with Gasteiger partial charge in [0.15, 0.2) is 5.78 Å². The Balaban J connectivity index is 1.49. The average Bonchev–Trinajstić information content (AvgIpc) is 3.56. The summed E-state index contributed by atoms with van der Waals surface area (Å²) in [5.74, 6) is -0.897. The van der Waals surface area contributed by atoms with E-state index < -0.39 is 17.9 Å². The van der Waals surface area contributed by atoms with Gasteiger partial charge in [-0.1, -0.05) is 18.2 Å². The average molecular weight is 508 g/mol. The maximum Gasteiger partial charge on any atom is 0.336 e. The van der Waals surface area contributed by atoms with E-state index in [1.54, 1.807) is 35.6 Å². The molecule has 1 aromatic heterocycles. The molecule has 3 unspecified atom stereocenters. The lowest BCUT2D eigenvalue weighted by Crippen LogP contribution is -2.36. The van der Waals surface area contributed by atoms with Gasteiger partial charge in [-0.05, 0) is 55.3 Å². The summed E-state index contributed by atoms with van der Waals surface area (Å²) in [5, 5.41) is 5.41. The molecule has 0 spiro atoms. The van der Waals surface area contributed by atoms with Gasteiger partial charge in [0.2, 0.25) is 0 Å². The van der Waals surface area contributed by atoms with Crippen molar-refractivity contribution in [3.05, 3.63) is 74.8 Å². The Morgan fingerprint density at radius 2 is 1.97 bits per heavy atom. The minimum Gasteiger partial charge on any atom is -0.459 e. The molecule has 2 aromatic rings. The standard InChI is InChI=1S/C28H29NO6S/c1-16-25(28(32)34-15-21-5-3-11-33-21)26(18-7-9-20(10-8-18)35-17(2)30)27-22(29-16)13-19(14-23(27)31)24-6-4-12-36-24/h4,6-10,12,19,21,26,29H,3,5,11,13-15H2,1-2H3. The second kappa shape index (κ2) is 10.4. The molecular weight excluding hydrogens is 478 g/mol. The van der Waals surface area contributed by atoms with Crippen molar-refractivity contribution in [1.82, 2.24) is 5.32 Å². The largest absolute Gasteiger partial charge is 0.459 e. The molecule has 0 radical (unpaired) electrons. The molecule has 1 N–H and O–H groups in total. The number of Topliss-reactive ketones (excluding diaryl/α,β-unsaturated/α-hetero) is 1. The van der Waals surface area contributed by atoms with E-state index in [0.29, 0.717) is 42.0 Å². The van der Waals surface area contributed by atoms with E-state index in [9.17, 15) is 14.4 Å². The molecule has 1 fully saturated rings. The number of dihydropyridines is 1. The van der Waals surface area contributed by atoms with Crippen LogP contribution < -0.4 is 10.1 Å². The predicted octanol–water partition coefficient (Wildman–Crippen LogP) is 4.76. The van der Waals surface area contributed by atoms with Gasteiger partial charge >= 0.3 is 11.9 Å². The molecule has 2 aliphatic heterocycles. The van der Waals surface area contributed by atoms with Crippen molar-refractivity contribution in [3.8, 4) is 5.75 Å². The number of rotatable bonds is 6. The van der Waals surface area contributed by atoms with Crippen molar-refractivity contribution in [2.24, 2.45) is 0 Å². The monoisotopic (exact) mass is 507 g/mol. The van der Waals surface area contributed by atoms with Crippen LogP contribution in [-0.2, 0) is 23.9 Å². The van der Waals surface area contributed by atoms with Crippen LogP contribution in [0.4, 0.5) is 0 Å². The summed E-state index contributed by atoms with van der Waals surface area (Å²) in [4.78, 5) is 39.6. The zero-order valence-electron chi connectivity index (χ0n) is 20.4. The molecule has 3 aliphatic rings. The van der Waals surface area contributed by atoms with E-state index >= 15 is 0 Å². The second-order valence-electron chi connectivity index (χ2n) is 9.43. The fourth-order valence-corrected chi connectivity index (χ4v) is 6.11. The van der Waals surface area contributed by atoms with Crippen LogP contribution in [0.5, 0.6) is 5.75 Å². The number of hydrogen-bond donors (Lipinski definition) is 1. The third kappa shape index (κ3) is 5.01. The first-order valence-electron chi connectivity index (χ1n) is 12.2. The zero-order chi connectivity index (χ0) is 25.2. The van der Waals surface area contributed by atoms with Gasteiger partial charge < -0.3 is 19.5 Å². The molecule has 5 rings (SSSR count). The number of allylic oxidation sites excluding steroid dienone is 3. The van der Waals surface area contributed by atoms with Crippen molar-refractivity contribution in [2.75, 3.05) is 13.2 Å². The molecule has 8 heteroatoms. The summed E-state index contributed by atoms with van der Waals surface area (Å²) in [6, 6.07) is 11.1. The van der Waals surface area contributed by atoms with Crippen LogP contribution in [-0.4, -0.2) is 37.0 Å². The Hall–Kier alpha value is -3.23. The molecule has 7 nitrogen and oxygen atoms in total. The van der Waals surface area contributed by atoms with Gasteiger partial charge in [0.05, 0.1) is 11.7 Å². The topological polar surface area (TPSA) is 90.9 Å². The Kier molecular flexibility index (Phi) is 7.07. The van der Waals surface area contributed by atoms with Crippen LogP contribution in [0.1, 0.15) is 61.8 Å². The van der Waals surface area contributed by atoms with Crippen molar-refractivity contribution in [1.29, 1.82) is 0 Å². The van der Waals surface area contributed by atoms with Crippen LogP contribution in [0.2, 0.25) is 0 Å². The summed E-state index contributed by atoms with van der Waals surface area (Å²) in [6.07, 6.45) is 2.81. The predicted molar refractivity (Wildman–Crippen MR) is 135 cm³/mol. The number of carbonyl (C=O) groups excluding carboxylic acids is 3. The summed E-state index contributed by atoms with van der Waals surface area (Å²) < 4.78 is 16.5. The maximum atomic E-state index is 13.6. The first-order chi connectivity index (χ1) is 17.4. The molecule has 3 heterocycles. The molecule has 0 amide bonds. The van der Waals surface area contributed by atoms with Crippen molar-refractivity contribution in [3.63, 3.8) is 0 Å². The molecule has 3 atom stereocenters. The molecule has 36 heavy (non-hydrogen) atoms. The summed E-state index contributed by atoms with van der Waals surface area (Å²) in [7, 11) is 0. The van der Waals surface area contributed by atoms with Gasteiger partial charge in [0.1, 0.15) is 12.4 Å². The van der Waals surface area contributed by atoms with E-state index in [1.807, 2.05) is 18.4 Å². The minimum atomic E-state index is -0.568. The quantitative estimate of drug-likeness (QED) is 0.445. The van der Waals surface area contributed by atoms with E-state index in [2.05, 4.69) is 11.4 Å². The van der Waals surface area contributed by atoms with Crippen molar-refractivity contribution >= 4 is 29.1 Å². The van der Waals surface area contributed by atoms with E-state index in [-0.39, 0.29) is 24.4 Å². The first-order valence-corrected chi connectivity index (χ1v) is 13.1. The van der Waals surface area contributed by atoms with Gasteiger partial charge in [-0.15, -0.1) is 11.3 Å². The third-order valence-corrected chi connectivity index (χ3v) is 7.93. The number of nitrogens with one attached hydrogen (secondary N) is 1. The Morgan fingerprint density at radius 1 is 1.17 bits per heavy atom. The molecule has 1 aliphatic carbocycles. The Labute approximate surface area is 214 Å². The number of carbonyl (C=O) groups is 3. The van der Waals surface area contributed by atoms with Gasteiger partial charge in [0, 0.05) is 53.6 Å². The highest BCUT2D eigenvalue weighted by Gasteiger charge is 2.41. The highest BCUT2D eigenvalue weighted by molar-refractivity contribution is 7.10. The van der Waals surface area contributed by atoms with Crippen LogP contribution in [0.3, 0.4) is 0 Å². The molecule has 1 saturated heterocycles. The molecule has 188 valence electrons. The van der Waals surface area contributed by atoms with Crippen LogP contribution >= 0.6 is 11.3 Å². The summed E-state index contributed by atoms with van der Waals surface area (Å²) in [5.41, 5.74) is 3.34. The van der Waals surface area contributed by atoms with Crippen molar-refractivity contribution < 1.29 is 28.6 Å². The fourth-order valence-electron chi connectivity index (χ4n) is 5.28. The summed E-state index contributed by atoms with van der Waals surface area (Å²) in [6.45, 7) is 4.07. The number of benzene rings is 1. The fraction of sp³-hybridized carbons (Fsp3) is 0.393. The van der Waals surface area contributed by atoms with E-state index in [4.69, 9.17) is 14.2 Å². The van der Waals surface area contributed by atoms with E-state index in [0.717, 1.165) is 24.1 Å². The van der Waals surface area contributed by atoms with E-state index in [1.165, 1.54) is 11.8 Å². The molecule has 0 bridgehead atoms. The summed E-state index contributed by atoms with van der Waals surface area (Å²) >= 11 is 1.66. The lowest BCUT2D eigenvalue weighted by molar-refractivity contribution is -0.142. The SMILES string of the molecule is CC(=O)Oc1ccc(C2C(C(=O)OCC3CCCO3)=C(C)NC3=C2C(=O)CC(c2cccs2)C3)cc1. The maximum absolute atomic E-state index is 13.6. The van der Waals surface area contributed by atoms with Crippen LogP contribution in [0.15, 0.2) is 64.3 Å². The molecule has 0 saturated carbocycles. The normalized spacial score (nSPS) is 23.8. The Morgan fingerprint density at radius 3 is 2.64 bits per heavy atom. The van der Waals surface area contributed by atoms with Gasteiger partial charge in [0.25, 0.3) is 0 Å². The number of ketones is 1. The van der Waals surface area contributed by atoms with Crippen LogP contribution in [0, 0.1) is 0 Å². The van der Waals surface area contributed by atoms with Gasteiger partial charge in [-0.2, -0.15) is 0 Å². The number of hydrogen-bond acceptors (Lipinski definition) is 8. The van der Waals surface area contributed by atoms with Gasteiger partial charge in [-0.3, -0.25) is 9.59 Å². The Bertz CT molecular complexity index is 1220. The third-order valence-electron chi connectivity index (χ3n) is 6.89. The van der Waals surface area contributed by atoms with Crippen LogP contribution in [0.25, 0.3) is 0 Å². The highest BCUT2D eigenvalue weighted by atomic mass is 32.1. The highest BCUT2D eigenvalue weighted by Crippen LogP contribution is 2.46.